The van der Waals surface area contributed by atoms with Crippen LogP contribution in [0.1, 0.15) is 77.7 Å². The molecule has 4 aliphatic carbocycles. The first-order valence-electron chi connectivity index (χ1n) is 12.9. The monoisotopic (exact) mass is 446 g/mol. The first-order chi connectivity index (χ1) is 15.8. The number of carbonyl (C=O) groups excluding carboxylic acids is 2. The van der Waals surface area contributed by atoms with Crippen molar-refractivity contribution >= 4 is 17.8 Å². The van der Waals surface area contributed by atoms with Crippen molar-refractivity contribution in [2.75, 3.05) is 0 Å². The Morgan fingerprint density at radius 3 is 2.55 bits per heavy atom. The molecule has 3 nitrogen and oxygen atoms in total. The average molecular weight is 447 g/mol. The lowest BCUT2D eigenvalue weighted by molar-refractivity contribution is -0.149. The van der Waals surface area contributed by atoms with Crippen molar-refractivity contribution in [1.82, 2.24) is 0 Å². The molecule has 5 rings (SSSR count). The highest BCUT2D eigenvalue weighted by Gasteiger charge is 2.59. The van der Waals surface area contributed by atoms with Gasteiger partial charge >= 0.3 is 5.97 Å². The zero-order valence-corrected chi connectivity index (χ0v) is 20.4. The van der Waals surface area contributed by atoms with E-state index in [1.165, 1.54) is 25.3 Å². The van der Waals surface area contributed by atoms with E-state index in [0.717, 1.165) is 44.1 Å². The summed E-state index contributed by atoms with van der Waals surface area (Å²) >= 11 is 0. The van der Waals surface area contributed by atoms with Crippen LogP contribution in [-0.2, 0) is 14.3 Å². The van der Waals surface area contributed by atoms with Crippen molar-refractivity contribution in [3.8, 4) is 0 Å². The highest BCUT2D eigenvalue weighted by Crippen LogP contribution is 2.66. The van der Waals surface area contributed by atoms with Gasteiger partial charge in [0.15, 0.2) is 5.78 Å². The van der Waals surface area contributed by atoms with Crippen molar-refractivity contribution in [3.63, 3.8) is 0 Å². The van der Waals surface area contributed by atoms with E-state index in [4.69, 9.17) is 4.74 Å². The molecule has 0 unspecified atom stereocenters. The summed E-state index contributed by atoms with van der Waals surface area (Å²) in [5.74, 6) is 2.33. The van der Waals surface area contributed by atoms with Crippen LogP contribution in [0.5, 0.6) is 0 Å². The van der Waals surface area contributed by atoms with Crippen molar-refractivity contribution in [3.05, 3.63) is 53.6 Å². The van der Waals surface area contributed by atoms with Gasteiger partial charge < -0.3 is 4.74 Å². The molecule has 4 aliphatic rings. The number of rotatable bonds is 4. The van der Waals surface area contributed by atoms with E-state index in [0.29, 0.717) is 23.5 Å². The summed E-state index contributed by atoms with van der Waals surface area (Å²) in [6.07, 6.45) is 15.1. The number of fused-ring (bicyclic) bond motifs is 5. The number of hydrogen-bond acceptors (Lipinski definition) is 3. The minimum absolute atomic E-state index is 0.0529. The molecule has 176 valence electrons. The summed E-state index contributed by atoms with van der Waals surface area (Å²) < 4.78 is 5.58. The van der Waals surface area contributed by atoms with Gasteiger partial charge in [0.05, 0.1) is 0 Å². The van der Waals surface area contributed by atoms with Crippen LogP contribution in [0, 0.1) is 34.5 Å². The second-order valence-corrected chi connectivity index (χ2v) is 11.6. The smallest absolute Gasteiger partial charge is 0.302 e. The Bertz CT molecular complexity index is 976. The number of benzene rings is 1. The third kappa shape index (κ3) is 3.92. The van der Waals surface area contributed by atoms with E-state index in [1.54, 1.807) is 0 Å². The molecule has 0 aromatic heterocycles. The fourth-order valence-electron chi connectivity index (χ4n) is 8.29. The number of allylic oxidation sites excluding steroid dienone is 2. The summed E-state index contributed by atoms with van der Waals surface area (Å²) in [5, 5.41) is 0. The molecular formula is C30H38O3. The Balaban J connectivity index is 1.33. The van der Waals surface area contributed by atoms with Crippen LogP contribution in [0.4, 0.5) is 0 Å². The lowest BCUT2D eigenvalue weighted by Gasteiger charge is -2.58. The summed E-state index contributed by atoms with van der Waals surface area (Å²) in [6.45, 7) is 6.41. The lowest BCUT2D eigenvalue weighted by Crippen LogP contribution is -2.51. The summed E-state index contributed by atoms with van der Waals surface area (Å²) in [5.41, 5.74) is 2.98. The topological polar surface area (TPSA) is 43.4 Å². The maximum atomic E-state index is 13.3. The molecule has 0 aliphatic heterocycles. The van der Waals surface area contributed by atoms with Gasteiger partial charge in [-0.25, -0.2) is 0 Å². The van der Waals surface area contributed by atoms with Crippen LogP contribution < -0.4 is 0 Å². The molecule has 3 heteroatoms. The molecule has 7 atom stereocenters. The fraction of sp³-hybridized carbons (Fsp3) is 0.600. The quantitative estimate of drug-likeness (QED) is 0.291. The maximum absolute atomic E-state index is 13.3. The minimum Gasteiger partial charge on any atom is -0.462 e. The molecular weight excluding hydrogens is 408 g/mol. The van der Waals surface area contributed by atoms with Crippen molar-refractivity contribution in [2.24, 2.45) is 34.5 Å². The highest BCUT2D eigenvalue weighted by molar-refractivity contribution is 5.96. The largest absolute Gasteiger partial charge is 0.462 e. The van der Waals surface area contributed by atoms with Gasteiger partial charge in [-0.3, -0.25) is 9.59 Å². The zero-order valence-electron chi connectivity index (χ0n) is 20.4. The van der Waals surface area contributed by atoms with Crippen LogP contribution in [0.15, 0.2) is 48.1 Å². The Hall–Kier alpha value is -2.16. The molecule has 3 saturated carbocycles. The van der Waals surface area contributed by atoms with Gasteiger partial charge in [0.25, 0.3) is 0 Å². The Kier molecular flexibility index (Phi) is 5.87. The van der Waals surface area contributed by atoms with Gasteiger partial charge in [-0.05, 0) is 85.2 Å². The maximum Gasteiger partial charge on any atom is 0.302 e. The lowest BCUT2D eigenvalue weighted by atomic mass is 9.47. The second kappa shape index (κ2) is 8.56. The molecule has 0 bridgehead atoms. The number of ether oxygens (including phenoxy) is 1. The zero-order chi connectivity index (χ0) is 23.2. The molecule has 0 radical (unpaired) electrons. The summed E-state index contributed by atoms with van der Waals surface area (Å²) in [6, 6.07) is 10.1. The molecule has 0 heterocycles. The molecule has 0 spiro atoms. The summed E-state index contributed by atoms with van der Waals surface area (Å²) in [4.78, 5) is 24.8. The van der Waals surface area contributed by atoms with E-state index >= 15 is 0 Å². The average Bonchev–Trinajstić information content (AvgIpc) is 3.15. The van der Waals surface area contributed by atoms with E-state index in [1.807, 2.05) is 30.4 Å². The predicted molar refractivity (Wildman–Crippen MR) is 131 cm³/mol. The van der Waals surface area contributed by atoms with Crippen LogP contribution in [-0.4, -0.2) is 17.9 Å². The predicted octanol–water partition coefficient (Wildman–Crippen LogP) is 6.78. The molecule has 0 N–H and O–H groups in total. The molecule has 0 amide bonds. The van der Waals surface area contributed by atoms with Gasteiger partial charge in [-0.15, -0.1) is 0 Å². The molecule has 1 aromatic carbocycles. The third-order valence-corrected chi connectivity index (χ3v) is 9.97. The molecule has 1 aromatic rings. The highest BCUT2D eigenvalue weighted by atomic mass is 16.5. The van der Waals surface area contributed by atoms with E-state index in [-0.39, 0.29) is 28.8 Å². The number of carbonyl (C=O) groups is 2. The van der Waals surface area contributed by atoms with E-state index < -0.39 is 0 Å². The number of esters is 1. The fourth-order valence-corrected chi connectivity index (χ4v) is 8.29. The van der Waals surface area contributed by atoms with Gasteiger partial charge in [0, 0.05) is 19.3 Å². The van der Waals surface area contributed by atoms with Gasteiger partial charge in [0.2, 0.25) is 0 Å². The van der Waals surface area contributed by atoms with Gasteiger partial charge in [-0.2, -0.15) is 0 Å². The van der Waals surface area contributed by atoms with Crippen LogP contribution in [0.2, 0.25) is 0 Å². The Morgan fingerprint density at radius 2 is 1.79 bits per heavy atom. The minimum atomic E-state index is -0.158. The van der Waals surface area contributed by atoms with Crippen molar-refractivity contribution in [2.45, 2.75) is 78.2 Å². The second-order valence-electron chi connectivity index (χ2n) is 11.6. The first-order valence-corrected chi connectivity index (χ1v) is 12.9. The van der Waals surface area contributed by atoms with Crippen LogP contribution >= 0.6 is 0 Å². The van der Waals surface area contributed by atoms with E-state index in [9.17, 15) is 9.59 Å². The Labute approximate surface area is 198 Å². The Morgan fingerprint density at radius 1 is 1.00 bits per heavy atom. The third-order valence-electron chi connectivity index (χ3n) is 9.97. The van der Waals surface area contributed by atoms with E-state index in [2.05, 4.69) is 32.1 Å². The van der Waals surface area contributed by atoms with Crippen LogP contribution in [0.3, 0.4) is 0 Å². The normalized spacial score (nSPS) is 39.8. The number of ketones is 1. The van der Waals surface area contributed by atoms with Gasteiger partial charge in [0.1, 0.15) is 6.10 Å². The summed E-state index contributed by atoms with van der Waals surface area (Å²) in [7, 11) is 0. The number of hydrogen-bond donors (Lipinski definition) is 0. The van der Waals surface area contributed by atoms with Crippen molar-refractivity contribution in [1.29, 1.82) is 0 Å². The molecule has 33 heavy (non-hydrogen) atoms. The van der Waals surface area contributed by atoms with Gasteiger partial charge in [-0.1, -0.05) is 61.9 Å². The van der Waals surface area contributed by atoms with Crippen LogP contribution in [0.25, 0.3) is 6.08 Å². The SMILES string of the molecule is CC(=O)O[C@H]1CC[C@@]2(C)C(=CC[C@H]3[C@@H]4CC[C@H](C(=O)/C=C/c5ccccc5)[C@@]4(C)CC[C@@H]32)C1. The molecule has 3 fully saturated rings. The standard InChI is InChI=1S/C30H38O3/c1-20(31)33-23-15-17-29(2)22(19-23)10-11-24-25-12-13-27(30(25,3)18-16-26(24)29)28(32)14-9-21-7-5-4-6-8-21/h4-10,14,23-27H,11-13,15-19H2,1-3H3/b14-9+/t23-,24-,25-,26-,27+,29-,30-/m0/s1. The first kappa shape index (κ1) is 22.6. The molecule has 0 saturated heterocycles. The van der Waals surface area contributed by atoms with Crippen molar-refractivity contribution < 1.29 is 14.3 Å².